The van der Waals surface area contributed by atoms with Crippen LogP contribution in [0.1, 0.15) is 0 Å². The Hall–Kier alpha value is -0.220. The monoisotopic (exact) mass is 256 g/mol. The third-order valence-electron chi connectivity index (χ3n) is 1.46. The van der Waals surface area contributed by atoms with Crippen molar-refractivity contribution < 1.29 is 21.3 Å². The van der Waals surface area contributed by atoms with Gasteiger partial charge in [0.15, 0.2) is 0 Å². The summed E-state index contributed by atoms with van der Waals surface area (Å²) >= 11 is 7.51. The van der Waals surface area contributed by atoms with Gasteiger partial charge in [-0.3, -0.25) is 0 Å². The van der Waals surface area contributed by atoms with Gasteiger partial charge < -0.3 is 0 Å². The van der Waals surface area contributed by atoms with Crippen LogP contribution in [0.15, 0.2) is 29.4 Å². The fraction of sp³-hybridized carbons (Fsp3) is 0. The molecule has 0 atom stereocenters. The van der Waals surface area contributed by atoms with Crippen molar-refractivity contribution in [3.8, 4) is 0 Å². The van der Waals surface area contributed by atoms with Crippen LogP contribution < -0.4 is 0 Å². The van der Waals surface area contributed by atoms with Crippen LogP contribution in [0.4, 0.5) is 0 Å². The summed E-state index contributed by atoms with van der Waals surface area (Å²) in [5, 5.41) is 0.671. The van der Waals surface area contributed by atoms with Gasteiger partial charge in [0.25, 0.3) is 0 Å². The standard InChI is InChI=1S/C7H5N2S.Ag/c10-7-8-5-3-1-2-4-6(5)9-7;/h1-4H,(H-,8,9,10);/q-1;+1. The molecule has 4 heteroatoms. The predicted molar refractivity (Wildman–Crippen MR) is 42.4 cm³/mol. The second-order valence-corrected chi connectivity index (χ2v) is 3.21. The van der Waals surface area contributed by atoms with Crippen LogP contribution in [0.25, 0.3) is 11.0 Å². The van der Waals surface area contributed by atoms with E-state index in [4.69, 9.17) is 0 Å². The van der Waals surface area contributed by atoms with Crippen LogP contribution in [0.3, 0.4) is 0 Å². The Morgan fingerprint density at radius 2 is 2.09 bits per heavy atom. The first-order chi connectivity index (χ1) is 5.29. The third kappa shape index (κ3) is 1.14. The van der Waals surface area contributed by atoms with E-state index in [1.807, 2.05) is 24.3 Å². The number of aromatic nitrogens is 2. The summed E-state index contributed by atoms with van der Waals surface area (Å²) in [5.74, 6) is 0. The number of rotatable bonds is 0. The molecule has 0 saturated heterocycles. The van der Waals surface area contributed by atoms with Gasteiger partial charge in [0.05, 0.1) is 0 Å². The van der Waals surface area contributed by atoms with Gasteiger partial charge >= 0.3 is 82.4 Å². The Bertz CT molecular complexity index is 396. The molecule has 0 aliphatic rings. The Morgan fingerprint density at radius 3 is 2.82 bits per heavy atom. The van der Waals surface area contributed by atoms with Gasteiger partial charge in [0.2, 0.25) is 0 Å². The van der Waals surface area contributed by atoms with Crippen molar-refractivity contribution in [1.82, 2.24) is 7.95 Å². The molecule has 2 aromatic rings. The molecule has 2 rings (SSSR count). The molecule has 0 spiro atoms. The zero-order valence-electron chi connectivity index (χ0n) is 5.45. The van der Waals surface area contributed by atoms with Crippen LogP contribution in [0.2, 0.25) is 0 Å². The van der Waals surface area contributed by atoms with Crippen molar-refractivity contribution in [2.45, 2.75) is 5.16 Å². The van der Waals surface area contributed by atoms with Gasteiger partial charge in [-0.15, -0.1) is 0 Å². The molecule has 0 fully saturated rings. The quantitative estimate of drug-likeness (QED) is 0.561. The van der Waals surface area contributed by atoms with Crippen molar-refractivity contribution in [3.63, 3.8) is 0 Å². The van der Waals surface area contributed by atoms with Gasteiger partial charge in [0, 0.05) is 0 Å². The molecule has 0 unspecified atom stereocenters. The van der Waals surface area contributed by atoms with Gasteiger partial charge in [0.1, 0.15) is 0 Å². The molecule has 0 N–H and O–H groups in total. The zero-order valence-corrected chi connectivity index (χ0v) is 7.83. The number of imidazole rings is 1. The molecular weight excluding hydrogens is 252 g/mol. The maximum absolute atomic E-state index is 4.19. The average Bonchev–Trinajstić information content (AvgIpc) is 2.30. The number of para-hydroxylation sites is 2. The molecule has 1 aromatic heterocycles. The molecule has 0 radical (unpaired) electrons. The Labute approximate surface area is 82.3 Å². The van der Waals surface area contributed by atoms with Crippen LogP contribution in [0, 0.1) is 0 Å². The first-order valence-corrected chi connectivity index (χ1v) is 4.19. The van der Waals surface area contributed by atoms with E-state index in [0.29, 0.717) is 5.16 Å². The molecule has 0 bridgehead atoms. The van der Waals surface area contributed by atoms with Crippen LogP contribution in [-0.2, 0) is 21.3 Å². The summed E-state index contributed by atoms with van der Waals surface area (Å²) in [4.78, 5) is 4.19. The zero-order chi connectivity index (χ0) is 7.84. The molecular formula is C7H5AgN2S. The van der Waals surface area contributed by atoms with Crippen LogP contribution >= 0.6 is 12.6 Å². The summed E-state index contributed by atoms with van der Waals surface area (Å²) in [6, 6.07) is 7.85. The van der Waals surface area contributed by atoms with Crippen LogP contribution in [-0.4, -0.2) is 7.95 Å². The van der Waals surface area contributed by atoms with E-state index in [9.17, 15) is 0 Å². The number of thiol groups is 1. The number of benzene rings is 1. The van der Waals surface area contributed by atoms with Crippen molar-refractivity contribution in [2.24, 2.45) is 0 Å². The van der Waals surface area contributed by atoms with Gasteiger partial charge in [-0.05, 0) is 0 Å². The predicted octanol–water partition coefficient (Wildman–Crippen LogP) is 1.63. The third-order valence-corrected chi connectivity index (χ3v) is 2.67. The fourth-order valence-corrected chi connectivity index (χ4v) is 1.54. The Morgan fingerprint density at radius 1 is 1.36 bits per heavy atom. The van der Waals surface area contributed by atoms with Crippen molar-refractivity contribution in [2.75, 3.05) is 0 Å². The summed E-state index contributed by atoms with van der Waals surface area (Å²) < 4.78 is 1.77. The minimum atomic E-state index is 0.671. The van der Waals surface area contributed by atoms with E-state index < -0.39 is 0 Å². The van der Waals surface area contributed by atoms with E-state index in [1.54, 1.807) is 2.97 Å². The summed E-state index contributed by atoms with van der Waals surface area (Å²) in [7, 11) is 0. The van der Waals surface area contributed by atoms with E-state index in [2.05, 4.69) is 38.9 Å². The number of hydrogen-bond donors (Lipinski definition) is 1. The van der Waals surface area contributed by atoms with Crippen LogP contribution in [0.5, 0.6) is 0 Å². The maximum atomic E-state index is 4.19. The van der Waals surface area contributed by atoms with Crippen molar-refractivity contribution in [3.05, 3.63) is 24.3 Å². The minimum absolute atomic E-state index is 0.671. The molecule has 0 amide bonds. The Kier molecular flexibility index (Phi) is 1.81. The van der Waals surface area contributed by atoms with E-state index in [0.717, 1.165) is 11.0 Å². The number of nitrogens with zero attached hydrogens (tertiary/aromatic N) is 2. The number of fused-ring (bicyclic) bond motifs is 1. The molecule has 0 aliphatic carbocycles. The first kappa shape index (κ1) is 7.43. The normalized spacial score (nSPS) is 10.8. The van der Waals surface area contributed by atoms with Crippen molar-refractivity contribution in [1.29, 1.82) is 0 Å². The second kappa shape index (κ2) is 2.68. The van der Waals surface area contributed by atoms with Gasteiger partial charge in [-0.25, -0.2) is 0 Å². The van der Waals surface area contributed by atoms with Gasteiger partial charge in [-0.2, -0.15) is 0 Å². The first-order valence-electron chi connectivity index (χ1n) is 3.08. The van der Waals surface area contributed by atoms with E-state index >= 15 is 0 Å². The molecule has 1 aromatic carbocycles. The van der Waals surface area contributed by atoms with E-state index in [-0.39, 0.29) is 0 Å². The summed E-state index contributed by atoms with van der Waals surface area (Å²) in [5.41, 5.74) is 1.99. The molecule has 11 heavy (non-hydrogen) atoms. The molecule has 1 heterocycles. The Balaban J connectivity index is 2.92. The van der Waals surface area contributed by atoms with Crippen molar-refractivity contribution >= 4 is 23.7 Å². The average molecular weight is 257 g/mol. The SMILES string of the molecule is Sc1nc2ccccc2[n]1[Ag]. The molecule has 2 nitrogen and oxygen atoms in total. The number of hydrogen-bond acceptors (Lipinski definition) is 2. The topological polar surface area (TPSA) is 17.8 Å². The molecule has 0 saturated carbocycles. The molecule has 60 valence electrons. The van der Waals surface area contributed by atoms with Gasteiger partial charge in [-0.1, -0.05) is 0 Å². The summed E-state index contributed by atoms with van der Waals surface area (Å²) in [6.45, 7) is 0. The molecule has 0 aliphatic heterocycles. The summed E-state index contributed by atoms with van der Waals surface area (Å²) in [6.07, 6.45) is 0. The van der Waals surface area contributed by atoms with E-state index in [1.165, 1.54) is 0 Å². The second-order valence-electron chi connectivity index (χ2n) is 2.15. The fourth-order valence-electron chi connectivity index (χ4n) is 0.966.